The van der Waals surface area contributed by atoms with Gasteiger partial charge in [-0.15, -0.1) is 0 Å². The summed E-state index contributed by atoms with van der Waals surface area (Å²) in [6, 6.07) is 10.6. The lowest BCUT2D eigenvalue weighted by Crippen LogP contribution is -2.37. The second kappa shape index (κ2) is 8.91. The summed E-state index contributed by atoms with van der Waals surface area (Å²) in [6.45, 7) is 5.88. The molecule has 0 aliphatic carbocycles. The molecule has 8 heteroatoms. The van der Waals surface area contributed by atoms with E-state index in [4.69, 9.17) is 28.6 Å². The van der Waals surface area contributed by atoms with Crippen molar-refractivity contribution in [1.29, 1.82) is 0 Å². The third-order valence-electron chi connectivity index (χ3n) is 3.61. The Hall–Kier alpha value is -1.83. The van der Waals surface area contributed by atoms with Crippen LogP contribution in [0.5, 0.6) is 11.5 Å². The molecule has 0 heterocycles. The standard InChI is InChI=1S/C19H20BrClN2O3S/c1-19(2,3)11-8-14(21)17(25)15(9-11)22-18(27)23-16(24)10-26-13-6-4-12(20)5-7-13/h4-9,25H,10H2,1-3H3,(H2,22,23,24,27). The number of rotatable bonds is 4. The second-order valence-corrected chi connectivity index (χ2v) is 8.58. The Kier molecular flexibility index (Phi) is 7.08. The number of hydrogen-bond donors (Lipinski definition) is 3. The second-order valence-electron chi connectivity index (χ2n) is 6.85. The summed E-state index contributed by atoms with van der Waals surface area (Å²) in [6.07, 6.45) is 0. The average molecular weight is 472 g/mol. The highest BCUT2D eigenvalue weighted by atomic mass is 79.9. The zero-order valence-corrected chi connectivity index (χ0v) is 18.3. The smallest absolute Gasteiger partial charge is 0.264 e. The predicted molar refractivity (Wildman–Crippen MR) is 116 cm³/mol. The van der Waals surface area contributed by atoms with Gasteiger partial charge in [0.2, 0.25) is 0 Å². The van der Waals surface area contributed by atoms with Gasteiger partial charge in [-0.3, -0.25) is 10.1 Å². The minimum atomic E-state index is -0.423. The zero-order valence-electron chi connectivity index (χ0n) is 15.1. The average Bonchev–Trinajstić information content (AvgIpc) is 2.57. The van der Waals surface area contributed by atoms with Crippen molar-refractivity contribution in [1.82, 2.24) is 5.32 Å². The number of halogens is 2. The molecule has 5 nitrogen and oxygen atoms in total. The third-order valence-corrected chi connectivity index (χ3v) is 4.64. The Balaban J connectivity index is 1.97. The molecule has 0 bridgehead atoms. The zero-order chi connectivity index (χ0) is 20.2. The van der Waals surface area contributed by atoms with E-state index >= 15 is 0 Å². The van der Waals surface area contributed by atoms with E-state index in [1.807, 2.05) is 32.9 Å². The highest BCUT2D eigenvalue weighted by Crippen LogP contribution is 2.37. The van der Waals surface area contributed by atoms with Crippen LogP contribution in [0.4, 0.5) is 5.69 Å². The summed E-state index contributed by atoms with van der Waals surface area (Å²) in [5, 5.41) is 15.7. The molecule has 1 amide bonds. The molecule has 27 heavy (non-hydrogen) atoms. The molecule has 0 atom stereocenters. The summed E-state index contributed by atoms with van der Waals surface area (Å²) < 4.78 is 6.31. The van der Waals surface area contributed by atoms with Gasteiger partial charge in [0.1, 0.15) is 5.75 Å². The maximum Gasteiger partial charge on any atom is 0.264 e. The number of carbonyl (C=O) groups excluding carboxylic acids is 1. The van der Waals surface area contributed by atoms with E-state index in [-0.39, 0.29) is 27.9 Å². The monoisotopic (exact) mass is 470 g/mol. The van der Waals surface area contributed by atoms with E-state index < -0.39 is 5.91 Å². The molecule has 0 aromatic heterocycles. The van der Waals surface area contributed by atoms with E-state index in [1.165, 1.54) is 0 Å². The lowest BCUT2D eigenvalue weighted by Gasteiger charge is -2.21. The maximum absolute atomic E-state index is 12.0. The first kappa shape index (κ1) is 21.5. The molecule has 0 saturated heterocycles. The molecule has 0 radical (unpaired) electrons. The van der Waals surface area contributed by atoms with Crippen LogP contribution >= 0.6 is 39.7 Å². The minimum absolute atomic E-state index is 0.0387. The Morgan fingerprint density at radius 1 is 1.26 bits per heavy atom. The molecule has 0 fully saturated rings. The third kappa shape index (κ3) is 6.37. The van der Waals surface area contributed by atoms with Crippen molar-refractivity contribution in [2.45, 2.75) is 26.2 Å². The molecule has 2 aromatic carbocycles. The number of amides is 1. The molecule has 0 unspecified atom stereocenters. The first-order valence-corrected chi connectivity index (χ1v) is 9.66. The van der Waals surface area contributed by atoms with Gasteiger partial charge >= 0.3 is 0 Å². The van der Waals surface area contributed by atoms with Crippen LogP contribution in [0, 0.1) is 0 Å². The molecule has 0 saturated carbocycles. The van der Waals surface area contributed by atoms with Crippen molar-refractivity contribution >= 4 is 56.5 Å². The Morgan fingerprint density at radius 3 is 2.48 bits per heavy atom. The summed E-state index contributed by atoms with van der Waals surface area (Å²) in [5.74, 6) is 0.00916. The van der Waals surface area contributed by atoms with Crippen molar-refractivity contribution in [3.05, 3.63) is 51.5 Å². The lowest BCUT2D eigenvalue weighted by atomic mass is 9.87. The Morgan fingerprint density at radius 2 is 1.89 bits per heavy atom. The predicted octanol–water partition coefficient (Wildman–Crippen LogP) is 5.00. The number of ether oxygens (including phenoxy) is 1. The van der Waals surface area contributed by atoms with Gasteiger partial charge in [0.15, 0.2) is 17.5 Å². The Bertz CT molecular complexity index is 851. The van der Waals surface area contributed by atoms with Crippen LogP contribution in [-0.4, -0.2) is 22.7 Å². The number of hydrogen-bond acceptors (Lipinski definition) is 4. The number of carbonyl (C=O) groups is 1. The molecule has 0 spiro atoms. The topological polar surface area (TPSA) is 70.6 Å². The minimum Gasteiger partial charge on any atom is -0.504 e. The molecular formula is C19H20BrClN2O3S. The SMILES string of the molecule is CC(C)(C)c1cc(Cl)c(O)c(NC(=S)NC(=O)COc2ccc(Br)cc2)c1. The molecular weight excluding hydrogens is 452 g/mol. The van der Waals surface area contributed by atoms with Crippen LogP contribution in [0.15, 0.2) is 40.9 Å². The van der Waals surface area contributed by atoms with Crippen LogP contribution in [0.1, 0.15) is 26.3 Å². The van der Waals surface area contributed by atoms with Crippen molar-refractivity contribution in [2.24, 2.45) is 0 Å². The van der Waals surface area contributed by atoms with E-state index in [0.717, 1.165) is 10.0 Å². The maximum atomic E-state index is 12.0. The molecule has 2 aromatic rings. The van der Waals surface area contributed by atoms with Crippen molar-refractivity contribution in [3.8, 4) is 11.5 Å². The van der Waals surface area contributed by atoms with Gasteiger partial charge in [-0.2, -0.15) is 0 Å². The first-order valence-electron chi connectivity index (χ1n) is 8.08. The molecule has 3 N–H and O–H groups in total. The number of nitrogens with one attached hydrogen (secondary N) is 2. The molecule has 0 aliphatic rings. The number of phenolic OH excluding ortho intramolecular Hbond substituents is 1. The molecule has 144 valence electrons. The quantitative estimate of drug-likeness (QED) is 0.432. The van der Waals surface area contributed by atoms with E-state index in [1.54, 1.807) is 24.3 Å². The highest BCUT2D eigenvalue weighted by molar-refractivity contribution is 9.10. The van der Waals surface area contributed by atoms with Gasteiger partial charge in [-0.05, 0) is 59.6 Å². The summed E-state index contributed by atoms with van der Waals surface area (Å²) in [4.78, 5) is 12.0. The fraction of sp³-hybridized carbons (Fsp3) is 0.263. The summed E-state index contributed by atoms with van der Waals surface area (Å²) >= 11 is 14.6. The van der Waals surface area contributed by atoms with Gasteiger partial charge < -0.3 is 15.2 Å². The van der Waals surface area contributed by atoms with Crippen molar-refractivity contribution in [3.63, 3.8) is 0 Å². The van der Waals surface area contributed by atoms with E-state index in [9.17, 15) is 9.90 Å². The van der Waals surface area contributed by atoms with Crippen LogP contribution in [-0.2, 0) is 10.2 Å². The summed E-state index contributed by atoms with van der Waals surface area (Å²) in [7, 11) is 0. The highest BCUT2D eigenvalue weighted by Gasteiger charge is 2.19. The molecule has 0 aliphatic heterocycles. The van der Waals surface area contributed by atoms with Gasteiger partial charge in [0.25, 0.3) is 5.91 Å². The number of phenols is 1. The first-order chi connectivity index (χ1) is 12.6. The van der Waals surface area contributed by atoms with Gasteiger partial charge in [-0.25, -0.2) is 0 Å². The summed E-state index contributed by atoms with van der Waals surface area (Å²) in [5.41, 5.74) is 1.07. The number of benzene rings is 2. The Labute approximate surface area is 177 Å². The lowest BCUT2D eigenvalue weighted by molar-refractivity contribution is -0.121. The number of anilines is 1. The fourth-order valence-corrected chi connectivity index (χ4v) is 2.83. The van der Waals surface area contributed by atoms with Crippen LogP contribution in [0.25, 0.3) is 0 Å². The van der Waals surface area contributed by atoms with Gasteiger partial charge in [0.05, 0.1) is 10.7 Å². The van der Waals surface area contributed by atoms with E-state index in [2.05, 4.69) is 26.6 Å². The van der Waals surface area contributed by atoms with Crippen LogP contribution in [0.2, 0.25) is 5.02 Å². The number of thiocarbonyl (C=S) groups is 1. The van der Waals surface area contributed by atoms with Crippen molar-refractivity contribution in [2.75, 3.05) is 11.9 Å². The van der Waals surface area contributed by atoms with Crippen LogP contribution in [0.3, 0.4) is 0 Å². The largest absolute Gasteiger partial charge is 0.504 e. The fourth-order valence-electron chi connectivity index (χ4n) is 2.12. The van der Waals surface area contributed by atoms with Gasteiger partial charge in [-0.1, -0.05) is 48.3 Å². The van der Waals surface area contributed by atoms with Crippen molar-refractivity contribution < 1.29 is 14.6 Å². The normalized spacial score (nSPS) is 11.0. The van der Waals surface area contributed by atoms with Gasteiger partial charge in [0, 0.05) is 4.47 Å². The van der Waals surface area contributed by atoms with Crippen LogP contribution < -0.4 is 15.4 Å². The number of aromatic hydroxyl groups is 1. The molecule has 2 rings (SSSR count). The van der Waals surface area contributed by atoms with E-state index in [0.29, 0.717) is 11.4 Å².